The van der Waals surface area contributed by atoms with Crippen molar-refractivity contribution in [2.24, 2.45) is 17.8 Å². The lowest BCUT2D eigenvalue weighted by atomic mass is 9.82. The fourth-order valence-electron chi connectivity index (χ4n) is 9.26. The second-order valence-electron chi connectivity index (χ2n) is 16.2. The maximum Gasteiger partial charge on any atom is 0.410 e. The minimum atomic E-state index is -1.28. The number of nitrogens with one attached hydrogen (secondary N) is 2. The summed E-state index contributed by atoms with van der Waals surface area (Å²) in [6.07, 6.45) is 10.2. The number of hydrogen-bond donors (Lipinski definition) is 2. The van der Waals surface area contributed by atoms with Gasteiger partial charge in [0.2, 0.25) is 17.7 Å². The highest BCUT2D eigenvalue weighted by Crippen LogP contribution is 2.42. The van der Waals surface area contributed by atoms with Gasteiger partial charge in [0.1, 0.15) is 18.4 Å². The molecule has 2 N–H and O–H groups in total. The molecule has 2 aliphatic heterocycles. The third kappa shape index (κ3) is 7.86. The van der Waals surface area contributed by atoms with E-state index in [-0.39, 0.29) is 54.8 Å². The second-order valence-corrected chi connectivity index (χ2v) is 16.2. The highest BCUT2D eigenvalue weighted by molar-refractivity contribution is 5.89. The van der Waals surface area contributed by atoms with Gasteiger partial charge >= 0.3 is 6.09 Å². The summed E-state index contributed by atoms with van der Waals surface area (Å²) >= 11 is 0. The number of benzene rings is 2. The van der Waals surface area contributed by atoms with Crippen LogP contribution < -0.4 is 10.6 Å². The van der Waals surface area contributed by atoms with Crippen LogP contribution in [0.1, 0.15) is 93.9 Å². The van der Waals surface area contributed by atoms with Crippen LogP contribution >= 0.6 is 0 Å². The minimum absolute atomic E-state index is 0.0153. The molecule has 2 aromatic carbocycles. The summed E-state index contributed by atoms with van der Waals surface area (Å²) in [5.74, 6) is -0.563. The van der Waals surface area contributed by atoms with Crippen molar-refractivity contribution < 1.29 is 28.7 Å². The molecule has 53 heavy (non-hydrogen) atoms. The van der Waals surface area contributed by atoms with Crippen LogP contribution in [0.4, 0.5) is 4.79 Å². The largest absolute Gasteiger partial charge is 0.445 e. The van der Waals surface area contributed by atoms with Crippen LogP contribution in [0.2, 0.25) is 0 Å². The van der Waals surface area contributed by atoms with Crippen molar-refractivity contribution in [1.82, 2.24) is 25.3 Å². The quantitative estimate of drug-likeness (QED) is 0.302. The first-order valence-corrected chi connectivity index (χ1v) is 19.8. The average molecular weight is 726 g/mol. The first kappa shape index (κ1) is 37.1. The van der Waals surface area contributed by atoms with Crippen molar-refractivity contribution in [3.63, 3.8) is 0 Å². The molecule has 4 amide bonds. The maximum absolute atomic E-state index is 14.9. The zero-order valence-corrected chi connectivity index (χ0v) is 31.2. The number of rotatable bonds is 12. The zero-order valence-electron chi connectivity index (χ0n) is 31.2. The molecule has 5 aliphatic rings. The highest BCUT2D eigenvalue weighted by Gasteiger charge is 2.56. The highest BCUT2D eigenvalue weighted by atomic mass is 16.6. The van der Waals surface area contributed by atoms with Gasteiger partial charge in [-0.3, -0.25) is 19.3 Å². The van der Waals surface area contributed by atoms with E-state index < -0.39 is 29.6 Å². The van der Waals surface area contributed by atoms with Crippen molar-refractivity contribution in [3.8, 4) is 0 Å². The zero-order chi connectivity index (χ0) is 37.1. The Hall–Kier alpha value is -4.25. The van der Waals surface area contributed by atoms with Gasteiger partial charge in [-0.1, -0.05) is 73.9 Å². The van der Waals surface area contributed by atoms with Crippen LogP contribution in [0.25, 0.3) is 0 Å². The average Bonchev–Trinajstić information content (AvgIpc) is 3.85. The molecule has 0 aromatic heterocycles. The van der Waals surface area contributed by atoms with Gasteiger partial charge in [-0.05, 0) is 80.9 Å². The number of nitrogens with zero attached hydrogens (tertiary/aromatic N) is 3. The predicted octanol–water partition coefficient (Wildman–Crippen LogP) is 4.78. The molecular weight excluding hydrogens is 670 g/mol. The van der Waals surface area contributed by atoms with Crippen LogP contribution in [0, 0.1) is 17.8 Å². The summed E-state index contributed by atoms with van der Waals surface area (Å²) in [4.78, 5) is 73.8. The third-order valence-corrected chi connectivity index (χ3v) is 12.7. The van der Waals surface area contributed by atoms with Crippen molar-refractivity contribution in [1.29, 1.82) is 0 Å². The number of fused-ring (bicyclic) bond motifs is 2. The van der Waals surface area contributed by atoms with Crippen LogP contribution in [0.5, 0.6) is 0 Å². The Bertz CT molecular complexity index is 1660. The number of carbonyl (C=O) groups excluding carboxylic acids is 5. The van der Waals surface area contributed by atoms with Crippen LogP contribution in [-0.4, -0.2) is 95.1 Å². The molecule has 7 rings (SSSR count). The van der Waals surface area contributed by atoms with Crippen LogP contribution in [0.3, 0.4) is 0 Å². The lowest BCUT2D eigenvalue weighted by Gasteiger charge is -2.39. The molecule has 2 heterocycles. The number of likely N-dealkylation sites (tertiary alicyclic amines) is 2. The smallest absolute Gasteiger partial charge is 0.410 e. The second kappa shape index (κ2) is 16.0. The van der Waals surface area contributed by atoms with Gasteiger partial charge in [0.15, 0.2) is 0 Å². The first-order valence-electron chi connectivity index (χ1n) is 19.8. The van der Waals surface area contributed by atoms with E-state index in [1.807, 2.05) is 52.3 Å². The molecule has 6 unspecified atom stereocenters. The van der Waals surface area contributed by atoms with Crippen LogP contribution in [-0.2, 0) is 36.9 Å². The van der Waals surface area contributed by atoms with E-state index in [1.54, 1.807) is 14.0 Å². The monoisotopic (exact) mass is 725 g/mol. The van der Waals surface area contributed by atoms with E-state index in [0.717, 1.165) is 81.6 Å². The Labute approximate surface area is 313 Å². The van der Waals surface area contributed by atoms with Crippen molar-refractivity contribution in [2.45, 2.75) is 114 Å². The Balaban J connectivity index is 1.10. The van der Waals surface area contributed by atoms with Gasteiger partial charge in [0.05, 0.1) is 30.1 Å². The van der Waals surface area contributed by atoms with Gasteiger partial charge in [-0.2, -0.15) is 0 Å². The molecule has 0 bridgehead atoms. The number of aldehydes is 1. The summed E-state index contributed by atoms with van der Waals surface area (Å²) in [7, 11) is 1.55. The normalized spacial score (nSPS) is 25.8. The molecule has 0 radical (unpaired) electrons. The standard InChI is InChI=1S/C42H55N5O6/c1-42(27-48,45(2)41(52)53-25-28-12-5-3-6-13-28)26-43-36(30-15-7-4-8-16-30)40(51)46-23-22-35-37(46)33(24-47(35)39(50)31-20-21-31)38(49)44-34-19-11-17-29-14-9-10-18-32(29)34/h3,5-6,9-10,12-14,18,27,30-31,33-37,43H,4,7-8,11,15-17,19-26H2,1-2H3,(H,44,49). The molecule has 2 aromatic rings. The van der Waals surface area contributed by atoms with Gasteiger partial charge < -0.3 is 30.0 Å². The number of likely N-dealkylation sites (N-methyl/N-ethyl adjacent to an activating group) is 1. The number of hydrogen-bond acceptors (Lipinski definition) is 7. The lowest BCUT2D eigenvalue weighted by Crippen LogP contribution is -2.61. The first-order chi connectivity index (χ1) is 25.7. The summed E-state index contributed by atoms with van der Waals surface area (Å²) in [6.45, 7) is 2.58. The minimum Gasteiger partial charge on any atom is -0.445 e. The number of amides is 4. The Kier molecular flexibility index (Phi) is 11.2. The molecule has 11 heteroatoms. The van der Waals surface area contributed by atoms with E-state index >= 15 is 0 Å². The topological polar surface area (TPSA) is 128 Å². The Morgan fingerprint density at radius 1 is 0.925 bits per heavy atom. The van der Waals surface area contributed by atoms with E-state index in [1.165, 1.54) is 10.5 Å². The van der Waals surface area contributed by atoms with Crippen molar-refractivity contribution >= 4 is 30.1 Å². The van der Waals surface area contributed by atoms with Crippen molar-refractivity contribution in [2.75, 3.05) is 26.7 Å². The Morgan fingerprint density at radius 3 is 2.40 bits per heavy atom. The van der Waals surface area contributed by atoms with Crippen LogP contribution in [0.15, 0.2) is 54.6 Å². The summed E-state index contributed by atoms with van der Waals surface area (Å²) in [5, 5.41) is 6.84. The molecule has 0 spiro atoms. The van der Waals surface area contributed by atoms with E-state index in [9.17, 15) is 24.0 Å². The summed E-state index contributed by atoms with van der Waals surface area (Å²) < 4.78 is 5.55. The fraction of sp³-hybridized carbons (Fsp3) is 0.595. The fourth-order valence-corrected chi connectivity index (χ4v) is 9.26. The van der Waals surface area contributed by atoms with Gasteiger partial charge in [-0.15, -0.1) is 0 Å². The molecular formula is C42H55N5O6. The maximum atomic E-state index is 14.9. The predicted molar refractivity (Wildman–Crippen MR) is 199 cm³/mol. The molecule has 4 fully saturated rings. The third-order valence-electron chi connectivity index (χ3n) is 12.7. The lowest BCUT2D eigenvalue weighted by molar-refractivity contribution is -0.139. The molecule has 3 aliphatic carbocycles. The SMILES string of the molecule is CN(C(=O)OCc1ccccc1)C(C)(C=O)CNC(C(=O)N1CCC2C1C(C(=O)NC1CCCc3ccccc31)CN2C(=O)C1CC1)C1CCCCC1. The van der Waals surface area contributed by atoms with Gasteiger partial charge in [0.25, 0.3) is 0 Å². The number of aryl methyl sites for hydroxylation is 1. The molecule has 284 valence electrons. The van der Waals surface area contributed by atoms with Gasteiger partial charge in [0, 0.05) is 32.6 Å². The molecule has 6 atom stereocenters. The summed E-state index contributed by atoms with van der Waals surface area (Å²) in [6, 6.07) is 16.3. The van der Waals surface area contributed by atoms with E-state index in [0.29, 0.717) is 19.5 Å². The molecule has 2 saturated carbocycles. The number of ether oxygens (including phenoxy) is 1. The van der Waals surface area contributed by atoms with Gasteiger partial charge in [-0.25, -0.2) is 4.79 Å². The number of carbonyl (C=O) groups is 5. The van der Waals surface area contributed by atoms with E-state index in [2.05, 4.69) is 22.8 Å². The van der Waals surface area contributed by atoms with E-state index in [4.69, 9.17) is 4.74 Å². The molecule has 11 nitrogen and oxygen atoms in total. The Morgan fingerprint density at radius 2 is 1.66 bits per heavy atom. The summed E-state index contributed by atoms with van der Waals surface area (Å²) in [5.41, 5.74) is 1.97. The van der Waals surface area contributed by atoms with Crippen molar-refractivity contribution in [3.05, 3.63) is 71.3 Å². The molecule has 2 saturated heterocycles.